The highest BCUT2D eigenvalue weighted by atomic mass is 79.9. The summed E-state index contributed by atoms with van der Waals surface area (Å²) < 4.78 is 11.2. The molecule has 1 heterocycles. The van der Waals surface area contributed by atoms with E-state index in [0.29, 0.717) is 6.61 Å². The van der Waals surface area contributed by atoms with Crippen LogP contribution in [0.25, 0.3) is 0 Å². The van der Waals surface area contributed by atoms with Gasteiger partial charge in [-0.25, -0.2) is 0 Å². The number of nitrogens with zero attached hydrogens (tertiary/aromatic N) is 2. The van der Waals surface area contributed by atoms with Crippen LogP contribution in [0.4, 0.5) is 0 Å². The molecule has 1 aliphatic heterocycles. The fourth-order valence-corrected chi connectivity index (χ4v) is 3.60. The third-order valence-electron chi connectivity index (χ3n) is 5.00. The first-order valence-electron chi connectivity index (χ1n) is 10.9. The second kappa shape index (κ2) is 17.1. The number of methoxy groups -OCH3 is 1. The van der Waals surface area contributed by atoms with Gasteiger partial charge in [-0.3, -0.25) is 4.90 Å². The lowest BCUT2D eigenvalue weighted by Crippen LogP contribution is -2.44. The zero-order valence-corrected chi connectivity index (χ0v) is 19.9. The van der Waals surface area contributed by atoms with Crippen LogP contribution in [0.15, 0.2) is 35.8 Å². The minimum atomic E-state index is 0.557. The van der Waals surface area contributed by atoms with Crippen LogP contribution in [-0.2, 0) is 9.47 Å². The van der Waals surface area contributed by atoms with Crippen LogP contribution < -0.4 is 0 Å². The highest BCUT2D eigenvalue weighted by Crippen LogP contribution is 2.16. The normalized spacial score (nSPS) is 16.9. The summed E-state index contributed by atoms with van der Waals surface area (Å²) >= 11 is 3.43. The Balaban J connectivity index is 2.50. The van der Waals surface area contributed by atoms with Crippen molar-refractivity contribution in [2.75, 3.05) is 52.0 Å². The molecule has 1 fully saturated rings. The molecular weight excluding hydrogens is 416 g/mol. The van der Waals surface area contributed by atoms with E-state index in [1.165, 1.54) is 44.5 Å². The van der Waals surface area contributed by atoms with E-state index in [9.17, 15) is 0 Å². The second-order valence-electron chi connectivity index (χ2n) is 7.25. The Morgan fingerprint density at radius 1 is 1.07 bits per heavy atom. The van der Waals surface area contributed by atoms with Gasteiger partial charge < -0.3 is 14.4 Å². The van der Waals surface area contributed by atoms with E-state index >= 15 is 0 Å². The first-order chi connectivity index (χ1) is 13.7. The molecule has 0 atom stereocenters. The van der Waals surface area contributed by atoms with Gasteiger partial charge in [0, 0.05) is 37.3 Å². The lowest BCUT2D eigenvalue weighted by Gasteiger charge is -2.38. The lowest BCUT2D eigenvalue weighted by molar-refractivity contribution is 0.109. The van der Waals surface area contributed by atoms with Crippen molar-refractivity contribution >= 4 is 15.9 Å². The molecule has 0 amide bonds. The zero-order chi connectivity index (χ0) is 20.5. The predicted molar refractivity (Wildman–Crippen MR) is 124 cm³/mol. The lowest BCUT2D eigenvalue weighted by atomic mass is 10.2. The van der Waals surface area contributed by atoms with Crippen LogP contribution in [0.2, 0.25) is 0 Å². The summed E-state index contributed by atoms with van der Waals surface area (Å²) in [5, 5.41) is 0.954. The first kappa shape index (κ1) is 25.3. The fourth-order valence-electron chi connectivity index (χ4n) is 3.34. The SMILES string of the molecule is CCCCCOC/C(=C\C=C(/CC)N1CCCN(CCC/C=C\CBr)C1)OC. The molecule has 0 N–H and O–H groups in total. The van der Waals surface area contributed by atoms with Gasteiger partial charge in [-0.15, -0.1) is 0 Å². The molecule has 0 aliphatic carbocycles. The molecule has 1 rings (SSSR count). The molecule has 0 aromatic rings. The van der Waals surface area contributed by atoms with E-state index < -0.39 is 0 Å². The summed E-state index contributed by atoms with van der Waals surface area (Å²) in [5.74, 6) is 0.898. The summed E-state index contributed by atoms with van der Waals surface area (Å²) in [6.45, 7) is 10.4. The van der Waals surface area contributed by atoms with Gasteiger partial charge in [-0.05, 0) is 44.3 Å². The number of ether oxygens (including phenoxy) is 2. The summed E-state index contributed by atoms with van der Waals surface area (Å²) in [7, 11) is 1.73. The number of allylic oxidation sites excluding steroid dienone is 5. The van der Waals surface area contributed by atoms with E-state index in [2.05, 4.69) is 63.9 Å². The standard InChI is InChI=1S/C23H41BrN2O2/c1-4-6-11-19-28-20-23(27-3)14-13-22(5-2)26-18-12-17-25(21-26)16-10-8-7-9-15-24/h7,9,13-14H,4-6,8,10-12,15-21H2,1-3H3/b9-7-,22-13+,23-14+. The molecule has 0 bridgehead atoms. The predicted octanol–water partition coefficient (Wildman–Crippen LogP) is 5.71. The number of halogens is 1. The Morgan fingerprint density at radius 3 is 2.64 bits per heavy atom. The number of hydrogen-bond acceptors (Lipinski definition) is 4. The second-order valence-corrected chi connectivity index (χ2v) is 7.90. The number of unbranched alkanes of at least 4 members (excludes halogenated alkanes) is 3. The molecular formula is C23H41BrN2O2. The Kier molecular flexibility index (Phi) is 15.4. The van der Waals surface area contributed by atoms with Gasteiger partial charge in [0.1, 0.15) is 12.4 Å². The summed E-state index contributed by atoms with van der Waals surface area (Å²) in [6, 6.07) is 0. The van der Waals surface area contributed by atoms with Crippen LogP contribution in [0.1, 0.15) is 58.8 Å². The van der Waals surface area contributed by atoms with Crippen LogP contribution >= 0.6 is 15.9 Å². The molecule has 1 saturated heterocycles. The summed E-state index contributed by atoms with van der Waals surface area (Å²) in [4.78, 5) is 5.09. The van der Waals surface area contributed by atoms with Gasteiger partial charge in [-0.2, -0.15) is 0 Å². The fraction of sp³-hybridized carbons (Fsp3) is 0.739. The van der Waals surface area contributed by atoms with E-state index in [0.717, 1.165) is 50.2 Å². The van der Waals surface area contributed by atoms with Crippen molar-refractivity contribution in [3.8, 4) is 0 Å². The third-order valence-corrected chi connectivity index (χ3v) is 5.38. The number of hydrogen-bond donors (Lipinski definition) is 0. The van der Waals surface area contributed by atoms with Gasteiger partial charge in [0.05, 0.1) is 13.8 Å². The maximum absolute atomic E-state index is 5.74. The van der Waals surface area contributed by atoms with Gasteiger partial charge in [-0.1, -0.05) is 54.8 Å². The molecule has 0 spiro atoms. The maximum Gasteiger partial charge on any atom is 0.121 e. The minimum absolute atomic E-state index is 0.557. The zero-order valence-electron chi connectivity index (χ0n) is 18.3. The highest BCUT2D eigenvalue weighted by molar-refractivity contribution is 9.09. The monoisotopic (exact) mass is 456 g/mol. The van der Waals surface area contributed by atoms with Gasteiger partial charge in [0.25, 0.3) is 0 Å². The van der Waals surface area contributed by atoms with Crippen LogP contribution in [0.5, 0.6) is 0 Å². The quantitative estimate of drug-likeness (QED) is 0.103. The highest BCUT2D eigenvalue weighted by Gasteiger charge is 2.17. The Bertz CT molecular complexity index is 477. The Morgan fingerprint density at radius 2 is 1.93 bits per heavy atom. The van der Waals surface area contributed by atoms with Crippen molar-refractivity contribution < 1.29 is 9.47 Å². The third kappa shape index (κ3) is 11.3. The topological polar surface area (TPSA) is 24.9 Å². The molecule has 162 valence electrons. The molecule has 4 nitrogen and oxygen atoms in total. The molecule has 1 aliphatic rings. The molecule has 0 aromatic heterocycles. The summed E-state index contributed by atoms with van der Waals surface area (Å²) in [5.41, 5.74) is 1.38. The van der Waals surface area contributed by atoms with Crippen molar-refractivity contribution in [2.45, 2.75) is 58.8 Å². The van der Waals surface area contributed by atoms with Crippen LogP contribution in [0, 0.1) is 0 Å². The molecule has 0 saturated carbocycles. The van der Waals surface area contributed by atoms with E-state index in [-0.39, 0.29) is 0 Å². The molecule has 5 heteroatoms. The Labute approximate surface area is 181 Å². The van der Waals surface area contributed by atoms with E-state index in [1.807, 2.05) is 0 Å². The van der Waals surface area contributed by atoms with E-state index in [1.54, 1.807) is 7.11 Å². The molecule has 0 aromatic carbocycles. The molecule has 28 heavy (non-hydrogen) atoms. The maximum atomic E-state index is 5.74. The average Bonchev–Trinajstić information content (AvgIpc) is 2.72. The minimum Gasteiger partial charge on any atom is -0.499 e. The number of alkyl halides is 1. The average molecular weight is 457 g/mol. The van der Waals surface area contributed by atoms with Crippen molar-refractivity contribution in [3.63, 3.8) is 0 Å². The Hall–Kier alpha value is -0.780. The van der Waals surface area contributed by atoms with Gasteiger partial charge in [0.15, 0.2) is 0 Å². The molecule has 0 radical (unpaired) electrons. The van der Waals surface area contributed by atoms with E-state index in [4.69, 9.17) is 9.47 Å². The van der Waals surface area contributed by atoms with Crippen LogP contribution in [0.3, 0.4) is 0 Å². The smallest absolute Gasteiger partial charge is 0.121 e. The van der Waals surface area contributed by atoms with Gasteiger partial charge in [0.2, 0.25) is 0 Å². The van der Waals surface area contributed by atoms with Crippen LogP contribution in [-0.4, -0.2) is 61.8 Å². The van der Waals surface area contributed by atoms with Gasteiger partial charge >= 0.3 is 0 Å². The largest absolute Gasteiger partial charge is 0.499 e. The number of rotatable bonds is 15. The van der Waals surface area contributed by atoms with Crippen molar-refractivity contribution in [1.29, 1.82) is 0 Å². The molecule has 0 unspecified atom stereocenters. The summed E-state index contributed by atoms with van der Waals surface area (Å²) in [6.07, 6.45) is 17.0. The van der Waals surface area contributed by atoms with Crippen molar-refractivity contribution in [1.82, 2.24) is 9.80 Å². The first-order valence-corrected chi connectivity index (χ1v) is 12.1. The van der Waals surface area contributed by atoms with Crippen molar-refractivity contribution in [3.05, 3.63) is 35.8 Å². The van der Waals surface area contributed by atoms with Crippen molar-refractivity contribution in [2.24, 2.45) is 0 Å².